The van der Waals surface area contributed by atoms with Gasteiger partial charge in [-0.05, 0) is 54.5 Å². The van der Waals surface area contributed by atoms with Gasteiger partial charge in [0, 0.05) is 11.9 Å². The lowest BCUT2D eigenvalue weighted by atomic mass is 9.92. The monoisotopic (exact) mass is 428 g/mol. The number of hydrogen-bond acceptors (Lipinski definition) is 3. The fourth-order valence-corrected chi connectivity index (χ4v) is 6.52. The molecule has 0 unspecified atom stereocenters. The molecule has 3 aliphatic rings. The lowest BCUT2D eigenvalue weighted by molar-refractivity contribution is 0.411. The predicted octanol–water partition coefficient (Wildman–Crippen LogP) is 4.99. The molecular weight excluding hydrogens is 404 g/mol. The maximum atomic E-state index is 13.6. The number of rotatable bonds is 3. The number of sulfonamides is 1. The SMILES string of the molecule is Cc1ccc(S(=O)(=O)N2C=C(c3ccccc3)N3c4ccccc4[C@@H]4C[C@@H]4[C@H]3C2)cc1. The summed E-state index contributed by atoms with van der Waals surface area (Å²) < 4.78 is 28.7. The van der Waals surface area contributed by atoms with E-state index in [1.807, 2.05) is 43.5 Å². The standard InChI is InChI=1S/C26H24N2O2S/c1-18-11-13-20(14-12-18)31(29,30)27-16-25(19-7-3-2-4-8-19)28-24-10-6-5-9-21(24)22-15-23(22)26(28)17-27/h2-14,16,22-23,26H,15,17H2,1H3/t22-,23-,26+/m0/s1. The summed E-state index contributed by atoms with van der Waals surface area (Å²) in [6.07, 6.45) is 2.96. The van der Waals surface area contributed by atoms with Crippen LogP contribution in [-0.4, -0.2) is 25.3 Å². The van der Waals surface area contributed by atoms with Crippen molar-refractivity contribution in [3.63, 3.8) is 0 Å². The van der Waals surface area contributed by atoms with Crippen LogP contribution in [-0.2, 0) is 10.0 Å². The summed E-state index contributed by atoms with van der Waals surface area (Å²) >= 11 is 0. The highest BCUT2D eigenvalue weighted by Gasteiger charge is 2.54. The van der Waals surface area contributed by atoms with Crippen LogP contribution in [0, 0.1) is 12.8 Å². The van der Waals surface area contributed by atoms with Crippen LogP contribution in [0.25, 0.3) is 5.70 Å². The van der Waals surface area contributed by atoms with Gasteiger partial charge in [-0.2, -0.15) is 0 Å². The van der Waals surface area contributed by atoms with Crippen LogP contribution in [0.4, 0.5) is 5.69 Å². The van der Waals surface area contributed by atoms with E-state index in [1.54, 1.807) is 16.4 Å². The molecule has 1 fully saturated rings. The van der Waals surface area contributed by atoms with E-state index in [4.69, 9.17) is 0 Å². The Morgan fingerprint density at radius 2 is 1.58 bits per heavy atom. The van der Waals surface area contributed by atoms with Gasteiger partial charge in [-0.3, -0.25) is 4.31 Å². The van der Waals surface area contributed by atoms with Crippen LogP contribution < -0.4 is 4.90 Å². The molecule has 4 nitrogen and oxygen atoms in total. The summed E-state index contributed by atoms with van der Waals surface area (Å²) in [5.74, 6) is 1.02. The molecule has 0 bridgehead atoms. The number of nitrogens with zero attached hydrogens (tertiary/aromatic N) is 2. The zero-order chi connectivity index (χ0) is 21.2. The van der Waals surface area contributed by atoms with Crippen LogP contribution in [0.2, 0.25) is 0 Å². The van der Waals surface area contributed by atoms with Gasteiger partial charge in [-0.25, -0.2) is 8.42 Å². The van der Waals surface area contributed by atoms with Gasteiger partial charge in [0.25, 0.3) is 10.0 Å². The Morgan fingerprint density at radius 3 is 2.35 bits per heavy atom. The molecule has 3 aromatic rings. The Kier molecular flexibility index (Phi) is 4.06. The molecule has 0 spiro atoms. The zero-order valence-electron chi connectivity index (χ0n) is 17.3. The maximum Gasteiger partial charge on any atom is 0.263 e. The number of anilines is 1. The highest BCUT2D eigenvalue weighted by atomic mass is 32.2. The van der Waals surface area contributed by atoms with Crippen molar-refractivity contribution in [1.82, 2.24) is 4.31 Å². The molecule has 0 radical (unpaired) electrons. The van der Waals surface area contributed by atoms with E-state index in [0.717, 1.165) is 23.2 Å². The maximum absolute atomic E-state index is 13.6. The van der Waals surface area contributed by atoms with Gasteiger partial charge in [-0.1, -0.05) is 66.2 Å². The van der Waals surface area contributed by atoms with Crippen molar-refractivity contribution < 1.29 is 8.42 Å². The molecule has 5 heteroatoms. The van der Waals surface area contributed by atoms with Crippen molar-refractivity contribution in [2.75, 3.05) is 11.4 Å². The Labute approximate surface area is 183 Å². The second-order valence-electron chi connectivity index (χ2n) is 8.77. The third-order valence-electron chi connectivity index (χ3n) is 6.85. The largest absolute Gasteiger partial charge is 0.334 e. The number of benzene rings is 3. The van der Waals surface area contributed by atoms with E-state index in [-0.39, 0.29) is 6.04 Å². The van der Waals surface area contributed by atoms with Crippen LogP contribution in [0.1, 0.15) is 29.0 Å². The Bertz CT molecular complexity index is 1280. The molecule has 31 heavy (non-hydrogen) atoms. The molecule has 2 aliphatic heterocycles. The fourth-order valence-electron chi connectivity index (χ4n) is 5.18. The van der Waals surface area contributed by atoms with Gasteiger partial charge < -0.3 is 4.90 Å². The first kappa shape index (κ1) is 18.7. The van der Waals surface area contributed by atoms with Gasteiger partial charge in [0.15, 0.2) is 0 Å². The minimum Gasteiger partial charge on any atom is -0.334 e. The molecule has 2 heterocycles. The lowest BCUT2D eigenvalue weighted by Gasteiger charge is -2.45. The van der Waals surface area contributed by atoms with E-state index in [2.05, 4.69) is 41.3 Å². The van der Waals surface area contributed by atoms with E-state index >= 15 is 0 Å². The molecular formula is C26H24N2O2S. The fraction of sp³-hybridized carbons (Fsp3) is 0.231. The number of para-hydroxylation sites is 1. The normalized spacial score (nSPS) is 24.0. The van der Waals surface area contributed by atoms with E-state index in [1.165, 1.54) is 11.3 Å². The molecule has 0 amide bonds. The Balaban J connectivity index is 1.52. The van der Waals surface area contributed by atoms with Crippen molar-refractivity contribution in [3.05, 3.63) is 102 Å². The molecule has 3 atom stereocenters. The third-order valence-corrected chi connectivity index (χ3v) is 8.59. The quantitative estimate of drug-likeness (QED) is 0.590. The molecule has 6 rings (SSSR count). The van der Waals surface area contributed by atoms with Crippen molar-refractivity contribution in [2.24, 2.45) is 5.92 Å². The summed E-state index contributed by atoms with van der Waals surface area (Å²) in [5, 5.41) is 0. The lowest BCUT2D eigenvalue weighted by Crippen LogP contribution is -2.50. The second-order valence-corrected chi connectivity index (χ2v) is 10.7. The minimum atomic E-state index is -3.62. The molecule has 156 valence electrons. The van der Waals surface area contributed by atoms with Crippen molar-refractivity contribution >= 4 is 21.4 Å². The van der Waals surface area contributed by atoms with Gasteiger partial charge in [0.1, 0.15) is 0 Å². The Morgan fingerprint density at radius 1 is 0.871 bits per heavy atom. The van der Waals surface area contributed by atoms with Gasteiger partial charge >= 0.3 is 0 Å². The number of hydrogen-bond donors (Lipinski definition) is 0. The van der Waals surface area contributed by atoms with Crippen LogP contribution in [0.3, 0.4) is 0 Å². The first-order valence-corrected chi connectivity index (χ1v) is 12.2. The van der Waals surface area contributed by atoms with E-state index < -0.39 is 10.0 Å². The van der Waals surface area contributed by atoms with Crippen molar-refractivity contribution in [1.29, 1.82) is 0 Å². The number of fused-ring (bicyclic) bond motifs is 6. The summed E-state index contributed by atoms with van der Waals surface area (Å²) in [6.45, 7) is 2.44. The molecule has 0 saturated heterocycles. The molecule has 1 aliphatic carbocycles. The summed E-state index contributed by atoms with van der Waals surface area (Å²) in [6, 6.07) is 26.0. The highest BCUT2D eigenvalue weighted by molar-refractivity contribution is 7.89. The molecule has 3 aromatic carbocycles. The van der Waals surface area contributed by atoms with Crippen molar-refractivity contribution in [2.45, 2.75) is 30.2 Å². The van der Waals surface area contributed by atoms with Gasteiger partial charge in [0.2, 0.25) is 0 Å². The molecule has 0 aromatic heterocycles. The second kappa shape index (κ2) is 6.72. The summed E-state index contributed by atoms with van der Waals surface area (Å²) in [7, 11) is -3.62. The first-order chi connectivity index (χ1) is 15.0. The summed E-state index contributed by atoms with van der Waals surface area (Å²) in [4.78, 5) is 2.73. The van der Waals surface area contributed by atoms with Gasteiger partial charge in [-0.15, -0.1) is 0 Å². The Hall–Kier alpha value is -3.05. The van der Waals surface area contributed by atoms with Crippen LogP contribution in [0.15, 0.2) is 90.0 Å². The average Bonchev–Trinajstić information content (AvgIpc) is 3.61. The third kappa shape index (κ3) is 2.91. The average molecular weight is 429 g/mol. The van der Waals surface area contributed by atoms with Gasteiger partial charge in [0.05, 0.1) is 23.2 Å². The van der Waals surface area contributed by atoms with E-state index in [9.17, 15) is 8.42 Å². The topological polar surface area (TPSA) is 40.6 Å². The van der Waals surface area contributed by atoms with E-state index in [0.29, 0.717) is 23.3 Å². The van der Waals surface area contributed by atoms with Crippen molar-refractivity contribution in [3.8, 4) is 0 Å². The highest BCUT2D eigenvalue weighted by Crippen LogP contribution is 2.60. The van der Waals surface area contributed by atoms with Crippen LogP contribution >= 0.6 is 0 Å². The molecule has 1 saturated carbocycles. The molecule has 0 N–H and O–H groups in total. The van der Waals surface area contributed by atoms with Crippen LogP contribution in [0.5, 0.6) is 0 Å². The first-order valence-electron chi connectivity index (χ1n) is 10.8. The summed E-state index contributed by atoms with van der Waals surface area (Å²) in [5.41, 5.74) is 5.64. The zero-order valence-corrected chi connectivity index (χ0v) is 18.2. The minimum absolute atomic E-state index is 0.139. The number of aryl methyl sites for hydroxylation is 1. The smallest absolute Gasteiger partial charge is 0.263 e. The predicted molar refractivity (Wildman–Crippen MR) is 123 cm³/mol.